The summed E-state index contributed by atoms with van der Waals surface area (Å²) in [7, 11) is 3.67. The van der Waals surface area contributed by atoms with Crippen molar-refractivity contribution < 1.29 is 1.43 Å². The Morgan fingerprint density at radius 3 is 2.55 bits per heavy atom. The van der Waals surface area contributed by atoms with Crippen LogP contribution in [0.5, 0.6) is 0 Å². The van der Waals surface area contributed by atoms with Crippen LogP contribution in [0.3, 0.4) is 0 Å². The average molecular weight is 439 g/mol. The van der Waals surface area contributed by atoms with Crippen LogP contribution in [0.4, 0.5) is 0 Å². The number of thiophene rings is 1. The molecule has 0 spiro atoms. The molecule has 0 aliphatic heterocycles. The van der Waals surface area contributed by atoms with Crippen molar-refractivity contribution in [3.8, 4) is 5.69 Å². The predicted molar refractivity (Wildman–Crippen MR) is 137 cm³/mol. The van der Waals surface area contributed by atoms with Gasteiger partial charge in [0.2, 0.25) is 0 Å². The summed E-state index contributed by atoms with van der Waals surface area (Å²) in [5.74, 6) is 0.890. The fourth-order valence-electron chi connectivity index (χ4n) is 3.88. The molecule has 0 atom stereocenters. The Bertz CT molecular complexity index is 943. The van der Waals surface area contributed by atoms with Gasteiger partial charge >= 0.3 is 0 Å². The van der Waals surface area contributed by atoms with Crippen LogP contribution < -0.4 is 10.9 Å². The minimum atomic E-state index is 0. The van der Waals surface area contributed by atoms with E-state index in [1.54, 1.807) is 0 Å². The minimum absolute atomic E-state index is 0. The molecular formula is C26H38N4S. The lowest BCUT2D eigenvalue weighted by atomic mass is 10.1. The third kappa shape index (κ3) is 6.81. The Hall–Kier alpha value is -2.37. The van der Waals surface area contributed by atoms with Crippen LogP contribution in [0.15, 0.2) is 59.7 Å². The van der Waals surface area contributed by atoms with Gasteiger partial charge in [0.05, 0.1) is 4.88 Å². The third-order valence-electron chi connectivity index (χ3n) is 5.58. The van der Waals surface area contributed by atoms with E-state index in [9.17, 15) is 0 Å². The van der Waals surface area contributed by atoms with Gasteiger partial charge in [-0.15, -0.1) is 11.3 Å². The first kappa shape index (κ1) is 23.3. The van der Waals surface area contributed by atoms with Gasteiger partial charge in [-0.3, -0.25) is 4.99 Å². The lowest BCUT2D eigenvalue weighted by Gasteiger charge is -2.10. The van der Waals surface area contributed by atoms with Crippen molar-refractivity contribution in [2.45, 2.75) is 58.3 Å². The van der Waals surface area contributed by atoms with E-state index in [1.165, 1.54) is 58.8 Å². The summed E-state index contributed by atoms with van der Waals surface area (Å²) in [5.41, 5.74) is 10.1. The number of unbranched alkanes of at least 4 members (excludes halogenated alkanes) is 3. The van der Waals surface area contributed by atoms with E-state index in [1.807, 2.05) is 25.4 Å². The number of hydrogen-bond acceptors (Lipinski definition) is 3. The Labute approximate surface area is 192 Å². The summed E-state index contributed by atoms with van der Waals surface area (Å²) in [6.07, 6.45) is 11.9. The van der Waals surface area contributed by atoms with Gasteiger partial charge in [-0.25, -0.2) is 5.43 Å². The first-order valence-electron chi connectivity index (χ1n) is 11.5. The number of hydrogen-bond donors (Lipinski definition) is 2. The molecule has 31 heavy (non-hydrogen) atoms. The molecule has 2 aromatic heterocycles. The van der Waals surface area contributed by atoms with E-state index in [0.29, 0.717) is 0 Å². The molecule has 0 saturated carbocycles. The van der Waals surface area contributed by atoms with Crippen molar-refractivity contribution in [2.24, 2.45) is 4.99 Å². The number of nitrogens with zero attached hydrogens (tertiary/aromatic N) is 2. The third-order valence-corrected chi connectivity index (χ3v) is 6.74. The molecule has 3 rings (SSSR count). The minimum Gasteiger partial charge on any atom is -0.321 e. The second-order valence-electron chi connectivity index (χ2n) is 7.91. The molecule has 3 aromatic rings. The van der Waals surface area contributed by atoms with E-state index in [-0.39, 0.29) is 1.43 Å². The zero-order valence-corrected chi connectivity index (χ0v) is 20.0. The zero-order chi connectivity index (χ0) is 21.9. The highest BCUT2D eigenvalue weighted by molar-refractivity contribution is 7.14. The van der Waals surface area contributed by atoms with Crippen LogP contribution in [0.2, 0.25) is 0 Å². The molecule has 0 aliphatic rings. The molecule has 0 aliphatic carbocycles. The first-order valence-corrected chi connectivity index (χ1v) is 12.3. The predicted octanol–water partition coefficient (Wildman–Crippen LogP) is 6.18. The highest BCUT2D eigenvalue weighted by Crippen LogP contribution is 2.21. The van der Waals surface area contributed by atoms with Gasteiger partial charge in [0.25, 0.3) is 0 Å². The van der Waals surface area contributed by atoms with Gasteiger partial charge < -0.3 is 9.99 Å². The molecule has 0 radical (unpaired) electrons. The van der Waals surface area contributed by atoms with Crippen molar-refractivity contribution >= 4 is 17.2 Å². The molecule has 0 fully saturated rings. The quantitative estimate of drug-likeness (QED) is 0.153. The number of aromatic nitrogens is 1. The monoisotopic (exact) mass is 438 g/mol. The lowest BCUT2D eigenvalue weighted by Crippen LogP contribution is -2.34. The summed E-state index contributed by atoms with van der Waals surface area (Å²) in [6.45, 7) is 2.26. The normalized spacial score (nSPS) is 11.8. The molecule has 0 unspecified atom stereocenters. The topological polar surface area (TPSA) is 41.4 Å². The fraction of sp³-hybridized carbons (Fsp3) is 0.423. The van der Waals surface area contributed by atoms with E-state index in [4.69, 9.17) is 0 Å². The van der Waals surface area contributed by atoms with E-state index < -0.39 is 0 Å². The summed E-state index contributed by atoms with van der Waals surface area (Å²) in [6, 6.07) is 17.9. The van der Waals surface area contributed by atoms with Gasteiger partial charge in [-0.2, -0.15) is 0 Å². The van der Waals surface area contributed by atoms with Crippen LogP contribution in [0.1, 0.15) is 61.5 Å². The highest BCUT2D eigenvalue weighted by Gasteiger charge is 2.08. The van der Waals surface area contributed by atoms with E-state index in [0.717, 1.165) is 25.1 Å². The number of hydrazine groups is 1. The maximum Gasteiger partial charge on any atom is 0.152 e. The van der Waals surface area contributed by atoms with Crippen LogP contribution in [-0.4, -0.2) is 24.5 Å². The number of rotatable bonds is 12. The van der Waals surface area contributed by atoms with E-state index in [2.05, 4.69) is 82.1 Å². The Kier molecular flexibility index (Phi) is 9.38. The molecule has 0 bridgehead atoms. The summed E-state index contributed by atoms with van der Waals surface area (Å²) < 4.78 is 2.33. The number of aliphatic imine (C=N–C) groups is 1. The molecule has 0 saturated heterocycles. The van der Waals surface area contributed by atoms with Gasteiger partial charge in [0.15, 0.2) is 5.84 Å². The van der Waals surface area contributed by atoms with Crippen molar-refractivity contribution in [1.29, 1.82) is 0 Å². The Balaban J connectivity index is 0.00000363. The van der Waals surface area contributed by atoms with E-state index >= 15 is 0 Å². The van der Waals surface area contributed by atoms with Crippen molar-refractivity contribution in [3.05, 3.63) is 75.7 Å². The summed E-state index contributed by atoms with van der Waals surface area (Å²) >= 11 is 1.81. The summed E-state index contributed by atoms with van der Waals surface area (Å²) in [5, 5.41) is 0. The number of benzene rings is 1. The smallest absolute Gasteiger partial charge is 0.152 e. The molecular weight excluding hydrogens is 400 g/mol. The standard InChI is InChI=1S/C26H36N4S.H2/c1-4-5-6-7-10-21-14-16-23(17-15-21)30-20-9-12-22(30)11-8-13-24-18-19-25(31-24)26(27-2)29-28-3;/h9,12,14-20,28H,4-8,10-11,13H2,1-3H3,(H,27,29);1H. The molecule has 2 N–H and O–H groups in total. The second-order valence-corrected chi connectivity index (χ2v) is 9.08. The van der Waals surface area contributed by atoms with Gasteiger partial charge in [0.1, 0.15) is 0 Å². The van der Waals surface area contributed by atoms with Gasteiger partial charge in [-0.05, 0) is 74.1 Å². The fourth-order valence-corrected chi connectivity index (χ4v) is 4.92. The van der Waals surface area contributed by atoms with Crippen molar-refractivity contribution in [2.75, 3.05) is 14.1 Å². The molecule has 4 nitrogen and oxygen atoms in total. The number of amidine groups is 1. The van der Waals surface area contributed by atoms with Crippen molar-refractivity contribution in [3.63, 3.8) is 0 Å². The highest BCUT2D eigenvalue weighted by atomic mass is 32.1. The van der Waals surface area contributed by atoms with Crippen molar-refractivity contribution in [1.82, 2.24) is 15.4 Å². The average Bonchev–Trinajstić information content (AvgIpc) is 3.45. The number of aryl methyl sites for hydroxylation is 3. The van der Waals surface area contributed by atoms with Gasteiger partial charge in [0, 0.05) is 38.0 Å². The Morgan fingerprint density at radius 2 is 1.81 bits per heavy atom. The SMILES string of the molecule is CCCCCCc1ccc(-n2cccc2CCCc2ccc(C(=NC)NNC)s2)cc1.[HH]. The largest absolute Gasteiger partial charge is 0.321 e. The molecule has 5 heteroatoms. The summed E-state index contributed by atoms with van der Waals surface area (Å²) in [4.78, 5) is 6.88. The van der Waals surface area contributed by atoms with Crippen LogP contribution in [0, 0.1) is 0 Å². The Morgan fingerprint density at radius 1 is 0.968 bits per heavy atom. The molecule has 0 amide bonds. The maximum atomic E-state index is 4.31. The first-order chi connectivity index (χ1) is 15.2. The van der Waals surface area contributed by atoms with Crippen LogP contribution >= 0.6 is 11.3 Å². The molecule has 168 valence electrons. The zero-order valence-electron chi connectivity index (χ0n) is 19.2. The van der Waals surface area contributed by atoms with Crippen LogP contribution in [-0.2, 0) is 19.3 Å². The maximum absolute atomic E-state index is 4.31. The number of nitrogens with one attached hydrogen (secondary N) is 2. The molecule has 1 aromatic carbocycles. The second kappa shape index (κ2) is 12.5. The van der Waals surface area contributed by atoms with Gasteiger partial charge in [-0.1, -0.05) is 38.3 Å². The lowest BCUT2D eigenvalue weighted by molar-refractivity contribution is 0.667. The molecule has 2 heterocycles. The van der Waals surface area contributed by atoms with Crippen LogP contribution in [0.25, 0.3) is 5.69 Å².